The van der Waals surface area contributed by atoms with Crippen molar-refractivity contribution in [2.45, 2.75) is 12.2 Å². The lowest BCUT2D eigenvalue weighted by Crippen LogP contribution is -2.38. The van der Waals surface area contributed by atoms with Crippen molar-refractivity contribution in [1.29, 1.82) is 0 Å². The zero-order chi connectivity index (χ0) is 42.5. The van der Waals surface area contributed by atoms with Crippen molar-refractivity contribution < 1.29 is 130 Å². The van der Waals surface area contributed by atoms with Crippen molar-refractivity contribution in [2.24, 2.45) is 0 Å². The first-order valence-electron chi connectivity index (χ1n) is 15.2. The molecule has 0 fully saturated rings. The van der Waals surface area contributed by atoms with E-state index in [9.17, 15) is 57.0 Å². The van der Waals surface area contributed by atoms with Gasteiger partial charge in [-0.05, 0) is 7.05 Å². The van der Waals surface area contributed by atoms with Gasteiger partial charge in [0.1, 0.15) is 12.2 Å². The average molecular weight is 937 g/mol. The van der Waals surface area contributed by atoms with Crippen LogP contribution in [0.3, 0.4) is 0 Å². The molecule has 0 aliphatic carbocycles. The van der Waals surface area contributed by atoms with Gasteiger partial charge >= 0.3 is 46.9 Å². The number of phosphoric ester groups is 6. The van der Waals surface area contributed by atoms with E-state index >= 15 is 0 Å². The summed E-state index contributed by atoms with van der Waals surface area (Å²) in [5, 5.41) is 11.9. The van der Waals surface area contributed by atoms with Crippen LogP contribution in [0.15, 0.2) is 0 Å². The van der Waals surface area contributed by atoms with Crippen molar-refractivity contribution in [3.05, 3.63) is 0 Å². The zero-order valence-electron chi connectivity index (χ0n) is 30.0. The first kappa shape index (κ1) is 55.5. The molecule has 7 unspecified atom stereocenters. The number of rotatable bonds is 36. The molecule has 0 radical (unpaired) electrons. The highest BCUT2D eigenvalue weighted by atomic mass is 31.2. The third-order valence-electron chi connectivity index (χ3n) is 4.90. The lowest BCUT2D eigenvalue weighted by molar-refractivity contribution is -0.890. The number of nitrogens with zero attached hydrogens (tertiary/aromatic N) is 1. The smallest absolute Gasteiger partial charge is 0.394 e. The maximum absolute atomic E-state index is 12.0. The second kappa shape index (κ2) is 26.6. The van der Waals surface area contributed by atoms with Crippen LogP contribution in [0.4, 0.5) is 0 Å². The molecule has 0 aromatic carbocycles. The second-order valence-electron chi connectivity index (χ2n) is 11.1. The summed E-state index contributed by atoms with van der Waals surface area (Å²) < 4.78 is 131. The number of hydrogen-bond acceptors (Lipinski definition) is 21. The van der Waals surface area contributed by atoms with Gasteiger partial charge in [0, 0.05) is 0 Å². The highest BCUT2D eigenvalue weighted by Gasteiger charge is 2.31. The maximum Gasteiger partial charge on any atom is 0.472 e. The van der Waals surface area contributed by atoms with Crippen LogP contribution in [0.5, 0.6) is 0 Å². The Morgan fingerprint density at radius 3 is 1.16 bits per heavy atom. The molecule has 0 aromatic heterocycles. The van der Waals surface area contributed by atoms with Crippen LogP contribution in [0.1, 0.15) is 0 Å². The topological polar surface area (TPSA) is 396 Å². The molecule has 29 nitrogen and oxygen atoms in total. The Kier molecular flexibility index (Phi) is 26.8. The molecule has 0 amide bonds. The van der Waals surface area contributed by atoms with Crippen LogP contribution in [0, 0.1) is 0 Å². The second-order valence-corrected chi connectivity index (χ2v) is 19.5. The van der Waals surface area contributed by atoms with Crippen LogP contribution in [-0.4, -0.2) is 177 Å². The predicted molar refractivity (Wildman–Crippen MR) is 180 cm³/mol. The number of aliphatic hydroxyl groups excluding tert-OH is 1. The molecule has 0 aromatic rings. The summed E-state index contributed by atoms with van der Waals surface area (Å²) in [5.74, 6) is 0. The van der Waals surface area contributed by atoms with Gasteiger partial charge in [-0.1, -0.05) is 0 Å². The fourth-order valence-corrected chi connectivity index (χ4v) is 7.11. The Morgan fingerprint density at radius 2 is 0.836 bits per heavy atom. The number of phosphoric acid groups is 6. The number of hydrogen-bond donors (Lipinski definition) is 9. The predicted octanol–water partition coefficient (Wildman–Crippen LogP) is -0.633. The van der Waals surface area contributed by atoms with E-state index < -0.39 is 132 Å². The molecule has 35 heteroatoms. The van der Waals surface area contributed by atoms with Gasteiger partial charge in [-0.3, -0.25) is 55.1 Å². The lowest BCUT2D eigenvalue weighted by Gasteiger charge is -2.25. The number of aliphatic hydroxyl groups is 1. The highest BCUT2D eigenvalue weighted by Crippen LogP contribution is 2.49. The van der Waals surface area contributed by atoms with Gasteiger partial charge in [0.05, 0.1) is 107 Å². The van der Waals surface area contributed by atoms with Gasteiger partial charge in [0.15, 0.2) is 6.73 Å². The molecular weight excluding hydrogens is 886 g/mol. The molecule has 0 bridgehead atoms. The summed E-state index contributed by atoms with van der Waals surface area (Å²) in [6.07, 6.45) is -2.72. The van der Waals surface area contributed by atoms with E-state index in [1.165, 1.54) is 7.05 Å². The Bertz CT molecular complexity index is 1360. The molecule has 0 aliphatic rings. The quantitative estimate of drug-likeness (QED) is 0.0163. The molecular formula is C20H51N2O27P6+. The van der Waals surface area contributed by atoms with Crippen molar-refractivity contribution >= 4 is 46.9 Å². The van der Waals surface area contributed by atoms with Crippen molar-refractivity contribution in [1.82, 2.24) is 5.32 Å². The van der Waals surface area contributed by atoms with Crippen molar-refractivity contribution in [3.8, 4) is 0 Å². The van der Waals surface area contributed by atoms with Crippen LogP contribution in [-0.2, 0) is 86.6 Å². The molecule has 0 saturated carbocycles. The van der Waals surface area contributed by atoms with Gasteiger partial charge in [0.2, 0.25) is 0 Å². The largest absolute Gasteiger partial charge is 0.472 e. The standard InChI is InChI=1S/C20H50N2O27P6/c1-21-17-37-15-20(48-50(24,25)26)16-47-54(33,34)45-10-9-43-52(29,30)41-6-5-39-51(27,28)40-7-8-42-53(31,32)44-11-12-46-55(35,36)49-19(13-23)14-38-18-22(2,3)4/h19-21,23H,5-18H2,1-4H3,(H6-,24,25,26,27,28,29,30,31,32,33,34,35,36)/p+1. The minimum Gasteiger partial charge on any atom is -0.394 e. The van der Waals surface area contributed by atoms with Crippen molar-refractivity contribution in [3.63, 3.8) is 0 Å². The Morgan fingerprint density at radius 1 is 0.491 bits per heavy atom. The van der Waals surface area contributed by atoms with E-state index in [0.29, 0.717) is 4.48 Å². The van der Waals surface area contributed by atoms with Gasteiger partial charge in [-0.2, -0.15) is 0 Å². The summed E-state index contributed by atoms with van der Waals surface area (Å²) in [4.78, 5) is 66.3. The van der Waals surface area contributed by atoms with E-state index in [4.69, 9.17) is 23.8 Å². The summed E-state index contributed by atoms with van der Waals surface area (Å²) in [6.45, 7) is -8.59. The van der Waals surface area contributed by atoms with E-state index in [1.54, 1.807) is 0 Å². The number of quaternary nitrogens is 1. The summed E-state index contributed by atoms with van der Waals surface area (Å²) >= 11 is 0. The monoisotopic (exact) mass is 937 g/mol. The molecule has 7 atom stereocenters. The Labute approximate surface area is 315 Å². The van der Waals surface area contributed by atoms with E-state index in [0.717, 1.165) is 0 Å². The minimum absolute atomic E-state index is 0.0568. The van der Waals surface area contributed by atoms with Gasteiger partial charge in [-0.25, -0.2) is 27.4 Å². The fourth-order valence-electron chi connectivity index (χ4n) is 2.94. The van der Waals surface area contributed by atoms with Crippen LogP contribution >= 0.6 is 46.9 Å². The summed E-state index contributed by atoms with van der Waals surface area (Å²) in [6, 6.07) is 0. The first-order valence-corrected chi connectivity index (χ1v) is 24.2. The zero-order valence-corrected chi connectivity index (χ0v) is 35.4. The molecule has 332 valence electrons. The molecule has 9 N–H and O–H groups in total. The lowest BCUT2D eigenvalue weighted by atomic mass is 10.4. The molecule has 0 spiro atoms. The van der Waals surface area contributed by atoms with Crippen molar-refractivity contribution in [2.75, 3.05) is 121 Å². The summed E-state index contributed by atoms with van der Waals surface area (Å²) in [7, 11) is -22.3. The molecule has 0 saturated heterocycles. The molecule has 0 aliphatic heterocycles. The van der Waals surface area contributed by atoms with Crippen LogP contribution in [0.2, 0.25) is 0 Å². The minimum atomic E-state index is -5.03. The third kappa shape index (κ3) is 33.9. The van der Waals surface area contributed by atoms with Gasteiger partial charge in [0.25, 0.3) is 0 Å². The first-order chi connectivity index (χ1) is 25.1. The molecule has 0 heterocycles. The van der Waals surface area contributed by atoms with E-state index in [2.05, 4.69) is 50.6 Å². The highest BCUT2D eigenvalue weighted by molar-refractivity contribution is 7.48. The molecule has 0 rings (SSSR count). The normalized spacial score (nSPS) is 19.4. The fraction of sp³-hybridized carbons (Fsp3) is 1.00. The Hall–Kier alpha value is 0.460. The van der Waals surface area contributed by atoms with Gasteiger partial charge < -0.3 is 53.3 Å². The van der Waals surface area contributed by atoms with Crippen LogP contribution in [0.25, 0.3) is 0 Å². The van der Waals surface area contributed by atoms with Gasteiger partial charge in [-0.15, -0.1) is 0 Å². The van der Waals surface area contributed by atoms with Crippen LogP contribution < -0.4 is 5.32 Å². The number of ether oxygens (including phenoxy) is 2. The SMILES string of the molecule is CNCOCC(COP(=O)(O)OCCOP(=O)(O)OCCOP(=O)(O)OCCOP(=O)(O)OCCOP(=O)(O)OC(CO)COC[N+](C)(C)C)OP(=O)(O)O. The Balaban J connectivity index is 4.35. The number of nitrogens with one attached hydrogen (secondary N) is 1. The molecule has 55 heavy (non-hydrogen) atoms. The van der Waals surface area contributed by atoms with E-state index in [1.807, 2.05) is 21.1 Å². The maximum atomic E-state index is 12.0. The third-order valence-corrected chi connectivity index (χ3v) is 10.6. The van der Waals surface area contributed by atoms with E-state index in [-0.39, 0.29) is 20.1 Å². The summed E-state index contributed by atoms with van der Waals surface area (Å²) in [5.41, 5.74) is 0. The average Bonchev–Trinajstić information content (AvgIpc) is 3.03.